The predicted octanol–water partition coefficient (Wildman–Crippen LogP) is 4.64. The quantitative estimate of drug-likeness (QED) is 0.735. The Bertz CT molecular complexity index is 772. The smallest absolute Gasteiger partial charge is 0.336 e. The SMILES string of the molecule is C=Cc1cc(C(=O)O)c(Cc2ccc(I)cc2F)c(F)c1F. The first-order valence-electron chi connectivity index (χ1n) is 6.15. The van der Waals surface area contributed by atoms with Gasteiger partial charge in [0.2, 0.25) is 0 Å². The molecule has 0 saturated carbocycles. The minimum absolute atomic E-state index is 0.0903. The van der Waals surface area contributed by atoms with Crippen LogP contribution < -0.4 is 0 Å². The van der Waals surface area contributed by atoms with Crippen molar-refractivity contribution in [1.29, 1.82) is 0 Å². The van der Waals surface area contributed by atoms with Crippen LogP contribution in [0.5, 0.6) is 0 Å². The molecule has 0 fully saturated rings. The minimum Gasteiger partial charge on any atom is -0.478 e. The van der Waals surface area contributed by atoms with Crippen molar-refractivity contribution in [2.45, 2.75) is 6.42 Å². The largest absolute Gasteiger partial charge is 0.478 e. The summed E-state index contributed by atoms with van der Waals surface area (Å²) in [7, 11) is 0. The molecule has 0 atom stereocenters. The number of carboxylic acids is 1. The average molecular weight is 418 g/mol. The van der Waals surface area contributed by atoms with Crippen molar-refractivity contribution < 1.29 is 23.1 Å². The molecule has 0 aliphatic heterocycles. The lowest BCUT2D eigenvalue weighted by molar-refractivity contribution is 0.0695. The third kappa shape index (κ3) is 3.16. The summed E-state index contributed by atoms with van der Waals surface area (Å²) in [5, 5.41) is 9.17. The van der Waals surface area contributed by atoms with E-state index >= 15 is 0 Å². The molecule has 0 unspecified atom stereocenters. The molecule has 0 spiro atoms. The summed E-state index contributed by atoms with van der Waals surface area (Å²) < 4.78 is 42.5. The summed E-state index contributed by atoms with van der Waals surface area (Å²) in [5.41, 5.74) is -0.961. The number of carbonyl (C=O) groups is 1. The van der Waals surface area contributed by atoms with E-state index < -0.39 is 34.5 Å². The second-order valence-electron chi connectivity index (χ2n) is 4.54. The van der Waals surface area contributed by atoms with Crippen LogP contribution in [0.3, 0.4) is 0 Å². The van der Waals surface area contributed by atoms with Gasteiger partial charge in [0.25, 0.3) is 0 Å². The molecule has 0 aliphatic rings. The van der Waals surface area contributed by atoms with E-state index in [0.29, 0.717) is 3.57 Å². The second kappa shape index (κ2) is 6.51. The van der Waals surface area contributed by atoms with Crippen LogP contribution in [-0.2, 0) is 6.42 Å². The number of carboxylic acid groups (broad SMARTS) is 1. The zero-order valence-corrected chi connectivity index (χ0v) is 13.3. The van der Waals surface area contributed by atoms with Crippen molar-refractivity contribution in [2.75, 3.05) is 0 Å². The van der Waals surface area contributed by atoms with E-state index in [0.717, 1.165) is 12.1 Å². The van der Waals surface area contributed by atoms with E-state index in [9.17, 15) is 23.1 Å². The Labute approximate surface area is 138 Å². The van der Waals surface area contributed by atoms with Crippen LogP contribution in [0.25, 0.3) is 6.08 Å². The lowest BCUT2D eigenvalue weighted by Gasteiger charge is -2.11. The average Bonchev–Trinajstić information content (AvgIpc) is 2.46. The minimum atomic E-state index is -1.41. The van der Waals surface area contributed by atoms with Gasteiger partial charge in [-0.3, -0.25) is 0 Å². The molecule has 2 rings (SSSR count). The first-order valence-corrected chi connectivity index (χ1v) is 7.23. The summed E-state index contributed by atoms with van der Waals surface area (Å²) >= 11 is 1.91. The first-order chi connectivity index (χ1) is 10.3. The molecule has 2 aromatic carbocycles. The van der Waals surface area contributed by atoms with Gasteiger partial charge in [0.05, 0.1) is 5.56 Å². The summed E-state index contributed by atoms with van der Waals surface area (Å²) in [6.45, 7) is 3.31. The van der Waals surface area contributed by atoms with Gasteiger partial charge >= 0.3 is 5.97 Å². The fraction of sp³-hybridized carbons (Fsp3) is 0.0625. The van der Waals surface area contributed by atoms with E-state index in [-0.39, 0.29) is 17.5 Å². The van der Waals surface area contributed by atoms with Gasteiger partial charge < -0.3 is 5.11 Å². The van der Waals surface area contributed by atoms with Gasteiger partial charge in [0, 0.05) is 21.1 Å². The van der Waals surface area contributed by atoms with Gasteiger partial charge in [-0.2, -0.15) is 0 Å². The molecule has 0 aliphatic carbocycles. The molecule has 0 heterocycles. The van der Waals surface area contributed by atoms with E-state index in [1.165, 1.54) is 12.1 Å². The highest BCUT2D eigenvalue weighted by atomic mass is 127. The van der Waals surface area contributed by atoms with E-state index in [4.69, 9.17) is 0 Å². The zero-order chi connectivity index (χ0) is 16.4. The van der Waals surface area contributed by atoms with Crippen LogP contribution in [-0.4, -0.2) is 11.1 Å². The standard InChI is InChI=1S/C16H10F3IO2/c1-2-8-5-12(16(21)22)11(15(19)14(8)18)6-9-3-4-10(20)7-13(9)17/h2-5,7H,1,6H2,(H,21,22). The Morgan fingerprint density at radius 1 is 1.23 bits per heavy atom. The molecule has 0 saturated heterocycles. The molecule has 1 N–H and O–H groups in total. The Morgan fingerprint density at radius 2 is 1.91 bits per heavy atom. The highest BCUT2D eigenvalue weighted by molar-refractivity contribution is 14.1. The highest BCUT2D eigenvalue weighted by Crippen LogP contribution is 2.26. The summed E-state index contributed by atoms with van der Waals surface area (Å²) in [6, 6.07) is 5.25. The summed E-state index contributed by atoms with van der Waals surface area (Å²) in [6.07, 6.45) is 0.671. The lowest BCUT2D eigenvalue weighted by atomic mass is 9.96. The molecule has 0 bridgehead atoms. The van der Waals surface area contributed by atoms with Crippen molar-refractivity contribution >= 4 is 34.6 Å². The summed E-state index contributed by atoms with van der Waals surface area (Å²) in [5.74, 6) is -4.51. The maximum absolute atomic E-state index is 14.2. The zero-order valence-electron chi connectivity index (χ0n) is 11.2. The fourth-order valence-electron chi connectivity index (χ4n) is 2.05. The maximum atomic E-state index is 14.2. The molecule has 0 amide bonds. The molecule has 2 aromatic rings. The Balaban J connectivity index is 2.61. The monoisotopic (exact) mass is 418 g/mol. The van der Waals surface area contributed by atoms with E-state index in [1.54, 1.807) is 6.07 Å². The van der Waals surface area contributed by atoms with Crippen molar-refractivity contribution in [2.24, 2.45) is 0 Å². The van der Waals surface area contributed by atoms with Crippen molar-refractivity contribution in [1.82, 2.24) is 0 Å². The second-order valence-corrected chi connectivity index (χ2v) is 5.79. The van der Waals surface area contributed by atoms with E-state index in [2.05, 4.69) is 6.58 Å². The lowest BCUT2D eigenvalue weighted by Crippen LogP contribution is -2.10. The predicted molar refractivity (Wildman–Crippen MR) is 85.3 cm³/mol. The van der Waals surface area contributed by atoms with Crippen molar-refractivity contribution in [3.63, 3.8) is 0 Å². The number of benzene rings is 2. The van der Waals surface area contributed by atoms with Gasteiger partial charge in [-0.25, -0.2) is 18.0 Å². The number of aromatic carboxylic acids is 1. The fourth-order valence-corrected chi connectivity index (χ4v) is 2.50. The molecule has 0 radical (unpaired) electrons. The molecule has 114 valence electrons. The van der Waals surface area contributed by atoms with Gasteiger partial charge in [-0.15, -0.1) is 0 Å². The van der Waals surface area contributed by atoms with Gasteiger partial charge in [0.1, 0.15) is 5.82 Å². The number of hydrogen-bond donors (Lipinski definition) is 1. The van der Waals surface area contributed by atoms with Crippen LogP contribution in [0.2, 0.25) is 0 Å². The van der Waals surface area contributed by atoms with Crippen molar-refractivity contribution in [3.05, 3.63) is 74.1 Å². The highest BCUT2D eigenvalue weighted by Gasteiger charge is 2.22. The third-order valence-electron chi connectivity index (χ3n) is 3.17. The maximum Gasteiger partial charge on any atom is 0.336 e. The Hall–Kier alpha value is -1.83. The number of halogens is 4. The Kier molecular flexibility index (Phi) is 4.90. The molecule has 0 aromatic heterocycles. The van der Waals surface area contributed by atoms with Gasteiger partial charge in [0.15, 0.2) is 11.6 Å². The van der Waals surface area contributed by atoms with Crippen LogP contribution in [0.4, 0.5) is 13.2 Å². The van der Waals surface area contributed by atoms with Crippen LogP contribution in [0.1, 0.15) is 27.0 Å². The molecule has 22 heavy (non-hydrogen) atoms. The van der Waals surface area contributed by atoms with Crippen LogP contribution in [0.15, 0.2) is 30.8 Å². The number of rotatable bonds is 4. The van der Waals surface area contributed by atoms with E-state index in [1.807, 2.05) is 22.6 Å². The van der Waals surface area contributed by atoms with Crippen LogP contribution in [0, 0.1) is 21.0 Å². The third-order valence-corrected chi connectivity index (χ3v) is 3.84. The molecule has 6 heteroatoms. The van der Waals surface area contributed by atoms with Gasteiger partial charge in [-0.1, -0.05) is 18.7 Å². The van der Waals surface area contributed by atoms with Crippen molar-refractivity contribution in [3.8, 4) is 0 Å². The molecular formula is C16H10F3IO2. The Morgan fingerprint density at radius 3 is 2.45 bits per heavy atom. The molecular weight excluding hydrogens is 408 g/mol. The van der Waals surface area contributed by atoms with Crippen LogP contribution >= 0.6 is 22.6 Å². The first kappa shape index (κ1) is 16.5. The molecule has 2 nitrogen and oxygen atoms in total. The topological polar surface area (TPSA) is 37.3 Å². The number of hydrogen-bond acceptors (Lipinski definition) is 1. The van der Waals surface area contributed by atoms with Gasteiger partial charge in [-0.05, 0) is 46.4 Å². The normalized spacial score (nSPS) is 10.5. The summed E-state index contributed by atoms with van der Waals surface area (Å²) in [4.78, 5) is 11.3.